The summed E-state index contributed by atoms with van der Waals surface area (Å²) in [6.07, 6.45) is 8.41. The van der Waals surface area contributed by atoms with Crippen LogP contribution in [0, 0.1) is 5.92 Å². The van der Waals surface area contributed by atoms with E-state index in [1.807, 2.05) is 28.9 Å². The van der Waals surface area contributed by atoms with E-state index in [4.69, 9.17) is 0 Å². The molecule has 1 aliphatic carbocycles. The van der Waals surface area contributed by atoms with Crippen molar-refractivity contribution in [3.63, 3.8) is 0 Å². The van der Waals surface area contributed by atoms with Crippen molar-refractivity contribution in [1.29, 1.82) is 0 Å². The second kappa shape index (κ2) is 4.96. The summed E-state index contributed by atoms with van der Waals surface area (Å²) in [6.45, 7) is 2.29. The molecule has 0 spiro atoms. The van der Waals surface area contributed by atoms with Gasteiger partial charge in [0.1, 0.15) is 0 Å². The Morgan fingerprint density at radius 2 is 2.11 bits per heavy atom. The maximum Gasteiger partial charge on any atom is 0.243 e. The number of aromatic nitrogens is 3. The van der Waals surface area contributed by atoms with Crippen LogP contribution in [0.1, 0.15) is 39.0 Å². The first-order valence-electron chi connectivity index (χ1n) is 6.93. The Kier molecular flexibility index (Phi) is 3.17. The highest BCUT2D eigenvalue weighted by Gasteiger charge is 2.20. The van der Waals surface area contributed by atoms with Crippen LogP contribution in [0.25, 0.3) is 5.65 Å². The summed E-state index contributed by atoms with van der Waals surface area (Å²) >= 11 is 0. The normalized spacial score (nSPS) is 24.3. The molecule has 3 rings (SSSR count). The van der Waals surface area contributed by atoms with E-state index < -0.39 is 0 Å². The first-order chi connectivity index (χ1) is 8.85. The second-order valence-electron chi connectivity index (χ2n) is 5.21. The van der Waals surface area contributed by atoms with Crippen LogP contribution in [0.5, 0.6) is 0 Å². The molecule has 18 heavy (non-hydrogen) atoms. The lowest BCUT2D eigenvalue weighted by molar-refractivity contribution is 0.329. The molecule has 1 saturated carbocycles. The molecule has 0 aliphatic heterocycles. The van der Waals surface area contributed by atoms with Gasteiger partial charge in [0.2, 0.25) is 5.95 Å². The highest BCUT2D eigenvalue weighted by Crippen LogP contribution is 2.27. The molecule has 0 saturated heterocycles. The zero-order chi connectivity index (χ0) is 12.4. The van der Waals surface area contributed by atoms with E-state index in [2.05, 4.69) is 22.3 Å². The summed E-state index contributed by atoms with van der Waals surface area (Å²) in [5, 5.41) is 7.91. The third kappa shape index (κ3) is 2.33. The van der Waals surface area contributed by atoms with Crippen LogP contribution in [0.3, 0.4) is 0 Å². The molecule has 1 N–H and O–H groups in total. The Hall–Kier alpha value is -1.58. The average molecular weight is 244 g/mol. The van der Waals surface area contributed by atoms with Gasteiger partial charge in [-0.1, -0.05) is 19.4 Å². The van der Waals surface area contributed by atoms with Crippen molar-refractivity contribution in [3.05, 3.63) is 24.4 Å². The smallest absolute Gasteiger partial charge is 0.243 e. The molecule has 96 valence electrons. The highest BCUT2D eigenvalue weighted by atomic mass is 15.3. The van der Waals surface area contributed by atoms with E-state index in [9.17, 15) is 0 Å². The fourth-order valence-corrected chi connectivity index (χ4v) is 2.79. The van der Waals surface area contributed by atoms with Crippen LogP contribution >= 0.6 is 0 Å². The van der Waals surface area contributed by atoms with Crippen LogP contribution in [-0.2, 0) is 0 Å². The number of nitrogens with zero attached hydrogens (tertiary/aromatic N) is 3. The number of rotatable bonds is 3. The summed E-state index contributed by atoms with van der Waals surface area (Å²) in [4.78, 5) is 4.49. The van der Waals surface area contributed by atoms with E-state index in [0.717, 1.165) is 17.5 Å². The molecule has 2 aromatic heterocycles. The Balaban J connectivity index is 1.66. The van der Waals surface area contributed by atoms with Gasteiger partial charge in [0.15, 0.2) is 5.65 Å². The molecule has 4 heteroatoms. The second-order valence-corrected chi connectivity index (χ2v) is 5.21. The minimum atomic E-state index is 0.546. The molecular formula is C14H20N4. The number of nitrogens with one attached hydrogen (secondary N) is 1. The van der Waals surface area contributed by atoms with Crippen molar-refractivity contribution in [2.45, 2.75) is 45.1 Å². The van der Waals surface area contributed by atoms with Gasteiger partial charge in [0.25, 0.3) is 0 Å². The maximum atomic E-state index is 4.49. The zero-order valence-corrected chi connectivity index (χ0v) is 10.8. The quantitative estimate of drug-likeness (QED) is 0.902. The standard InChI is InChI=1S/C14H20N4/c1-2-11-6-8-12(9-7-11)15-14-16-13-5-3-4-10-18(13)17-14/h3-5,10-12H,2,6-9H2,1H3,(H,15,17). The number of hydrogen-bond acceptors (Lipinski definition) is 3. The van der Waals surface area contributed by atoms with Crippen LogP contribution in [0.15, 0.2) is 24.4 Å². The van der Waals surface area contributed by atoms with Gasteiger partial charge in [-0.05, 0) is 43.7 Å². The predicted molar refractivity (Wildman–Crippen MR) is 72.6 cm³/mol. The average Bonchev–Trinajstić information content (AvgIpc) is 2.82. The molecule has 0 unspecified atom stereocenters. The summed E-state index contributed by atoms with van der Waals surface area (Å²) in [7, 11) is 0. The van der Waals surface area contributed by atoms with Gasteiger partial charge < -0.3 is 5.32 Å². The van der Waals surface area contributed by atoms with Crippen molar-refractivity contribution >= 4 is 11.6 Å². The zero-order valence-electron chi connectivity index (χ0n) is 10.8. The fourth-order valence-electron chi connectivity index (χ4n) is 2.79. The van der Waals surface area contributed by atoms with E-state index in [1.54, 1.807) is 0 Å². The van der Waals surface area contributed by atoms with Gasteiger partial charge in [-0.2, -0.15) is 4.98 Å². The fraction of sp³-hybridized carbons (Fsp3) is 0.571. The molecular weight excluding hydrogens is 224 g/mol. The van der Waals surface area contributed by atoms with Crippen LogP contribution in [0.2, 0.25) is 0 Å². The van der Waals surface area contributed by atoms with Gasteiger partial charge in [0.05, 0.1) is 0 Å². The van der Waals surface area contributed by atoms with Crippen molar-refractivity contribution in [2.24, 2.45) is 5.92 Å². The minimum Gasteiger partial charge on any atom is -0.350 e. The van der Waals surface area contributed by atoms with Crippen LogP contribution in [-0.4, -0.2) is 20.6 Å². The summed E-state index contributed by atoms with van der Waals surface area (Å²) in [5.41, 5.74) is 0.905. The number of fused-ring (bicyclic) bond motifs is 1. The van der Waals surface area contributed by atoms with Crippen molar-refractivity contribution < 1.29 is 0 Å². The van der Waals surface area contributed by atoms with Crippen molar-refractivity contribution in [2.75, 3.05) is 5.32 Å². The monoisotopic (exact) mass is 244 g/mol. The summed E-state index contributed by atoms with van der Waals surface area (Å²) in [5.74, 6) is 1.69. The lowest BCUT2D eigenvalue weighted by Gasteiger charge is -2.27. The van der Waals surface area contributed by atoms with Gasteiger partial charge in [-0.3, -0.25) is 0 Å². The first kappa shape index (κ1) is 11.5. The molecule has 0 radical (unpaired) electrons. The van der Waals surface area contributed by atoms with Gasteiger partial charge in [-0.25, -0.2) is 4.52 Å². The largest absolute Gasteiger partial charge is 0.350 e. The summed E-state index contributed by atoms with van der Waals surface area (Å²) in [6, 6.07) is 6.48. The number of anilines is 1. The SMILES string of the molecule is CCC1CCC(Nc2nc3ccccn3n2)CC1. The molecule has 0 amide bonds. The topological polar surface area (TPSA) is 42.2 Å². The lowest BCUT2D eigenvalue weighted by atomic mass is 9.85. The van der Waals surface area contributed by atoms with Gasteiger partial charge in [0, 0.05) is 12.2 Å². The van der Waals surface area contributed by atoms with Gasteiger partial charge in [-0.15, -0.1) is 5.10 Å². The Morgan fingerprint density at radius 3 is 2.83 bits per heavy atom. The number of hydrogen-bond donors (Lipinski definition) is 1. The van der Waals surface area contributed by atoms with E-state index >= 15 is 0 Å². The molecule has 4 nitrogen and oxygen atoms in total. The third-order valence-corrected chi connectivity index (χ3v) is 4.00. The van der Waals surface area contributed by atoms with E-state index in [1.165, 1.54) is 32.1 Å². The molecule has 2 heterocycles. The Labute approximate surface area is 107 Å². The van der Waals surface area contributed by atoms with Crippen molar-refractivity contribution in [3.8, 4) is 0 Å². The molecule has 2 aromatic rings. The van der Waals surface area contributed by atoms with E-state index in [-0.39, 0.29) is 0 Å². The third-order valence-electron chi connectivity index (χ3n) is 4.00. The minimum absolute atomic E-state index is 0.546. The number of pyridine rings is 1. The van der Waals surface area contributed by atoms with E-state index in [0.29, 0.717) is 6.04 Å². The highest BCUT2D eigenvalue weighted by molar-refractivity contribution is 5.43. The molecule has 0 bridgehead atoms. The summed E-state index contributed by atoms with van der Waals surface area (Å²) < 4.78 is 1.82. The molecule has 1 fully saturated rings. The molecule has 0 atom stereocenters. The lowest BCUT2D eigenvalue weighted by Crippen LogP contribution is -2.26. The molecule has 1 aliphatic rings. The Bertz CT molecular complexity index is 478. The van der Waals surface area contributed by atoms with Crippen molar-refractivity contribution in [1.82, 2.24) is 14.6 Å². The van der Waals surface area contributed by atoms with Crippen LogP contribution < -0.4 is 5.32 Å². The molecule has 0 aromatic carbocycles. The van der Waals surface area contributed by atoms with Crippen LogP contribution in [0.4, 0.5) is 5.95 Å². The van der Waals surface area contributed by atoms with Gasteiger partial charge >= 0.3 is 0 Å². The predicted octanol–water partition coefficient (Wildman–Crippen LogP) is 3.11. The first-order valence-corrected chi connectivity index (χ1v) is 6.93. The Morgan fingerprint density at radius 1 is 1.28 bits per heavy atom. The maximum absolute atomic E-state index is 4.49.